The Morgan fingerprint density at radius 2 is 2.18 bits per heavy atom. The van der Waals surface area contributed by atoms with Crippen LogP contribution in [-0.4, -0.2) is 29.5 Å². The molecule has 0 bridgehead atoms. The lowest BCUT2D eigenvalue weighted by atomic mass is 10.1. The van der Waals surface area contributed by atoms with Crippen molar-refractivity contribution in [2.45, 2.75) is 19.4 Å². The van der Waals surface area contributed by atoms with Crippen LogP contribution in [0, 0.1) is 12.3 Å². The number of likely N-dealkylation sites (N-methyl/N-ethyl adjacent to an activating group) is 1. The second-order valence-corrected chi connectivity index (χ2v) is 4.53. The molecule has 0 radical (unpaired) electrons. The zero-order valence-electron chi connectivity index (χ0n) is 10.4. The van der Waals surface area contributed by atoms with Crippen molar-refractivity contribution in [1.82, 2.24) is 9.88 Å². The van der Waals surface area contributed by atoms with Gasteiger partial charge in [0, 0.05) is 23.1 Å². The van der Waals surface area contributed by atoms with Crippen molar-refractivity contribution in [2.75, 3.05) is 13.6 Å². The molecule has 1 unspecified atom stereocenters. The van der Waals surface area contributed by atoms with E-state index < -0.39 is 0 Å². The van der Waals surface area contributed by atoms with Crippen LogP contribution in [0.4, 0.5) is 0 Å². The molecule has 0 aliphatic heterocycles. The highest BCUT2D eigenvalue weighted by Crippen LogP contribution is 2.19. The zero-order chi connectivity index (χ0) is 12.3. The molecule has 0 spiro atoms. The van der Waals surface area contributed by atoms with Crippen LogP contribution >= 0.6 is 0 Å². The first-order chi connectivity index (χ1) is 8.22. The summed E-state index contributed by atoms with van der Waals surface area (Å²) in [4.78, 5) is 5.50. The smallest absolute Gasteiger partial charge is 0.0598 e. The summed E-state index contributed by atoms with van der Waals surface area (Å²) < 4.78 is 0. The van der Waals surface area contributed by atoms with Gasteiger partial charge in [0.1, 0.15) is 0 Å². The van der Waals surface area contributed by atoms with E-state index in [4.69, 9.17) is 6.42 Å². The Kier molecular flexibility index (Phi) is 3.51. The number of hydrogen-bond donors (Lipinski definition) is 1. The van der Waals surface area contributed by atoms with Crippen LogP contribution < -0.4 is 0 Å². The van der Waals surface area contributed by atoms with Gasteiger partial charge in [0.15, 0.2) is 0 Å². The average Bonchev–Trinajstić information content (AvgIpc) is 2.73. The number of nitrogens with one attached hydrogen (secondary N) is 1. The minimum absolute atomic E-state index is 0.449. The predicted octanol–water partition coefficient (Wildman–Crippen LogP) is 2.66. The summed E-state index contributed by atoms with van der Waals surface area (Å²) >= 11 is 0. The van der Waals surface area contributed by atoms with Gasteiger partial charge in [0.2, 0.25) is 0 Å². The number of aromatic nitrogens is 1. The van der Waals surface area contributed by atoms with E-state index >= 15 is 0 Å². The van der Waals surface area contributed by atoms with E-state index in [-0.39, 0.29) is 0 Å². The molecule has 0 amide bonds. The van der Waals surface area contributed by atoms with E-state index in [1.807, 2.05) is 0 Å². The fraction of sp³-hybridized carbons (Fsp3) is 0.333. The van der Waals surface area contributed by atoms with Gasteiger partial charge in [-0.2, -0.15) is 0 Å². The first-order valence-corrected chi connectivity index (χ1v) is 5.91. The van der Waals surface area contributed by atoms with Crippen LogP contribution in [0.2, 0.25) is 0 Å². The van der Waals surface area contributed by atoms with Crippen LogP contribution in [-0.2, 0) is 6.42 Å². The van der Waals surface area contributed by atoms with Crippen LogP contribution in [0.25, 0.3) is 10.9 Å². The minimum Gasteiger partial charge on any atom is -0.361 e. The molecule has 2 aromatic rings. The second-order valence-electron chi connectivity index (χ2n) is 4.53. The van der Waals surface area contributed by atoms with Crippen LogP contribution in [0.5, 0.6) is 0 Å². The minimum atomic E-state index is 0.449. The highest BCUT2D eigenvalue weighted by atomic mass is 15.1. The van der Waals surface area contributed by atoms with Gasteiger partial charge >= 0.3 is 0 Å². The molecule has 17 heavy (non-hydrogen) atoms. The third-order valence-corrected chi connectivity index (χ3v) is 3.28. The number of aromatic amines is 1. The Balaban J connectivity index is 2.16. The average molecular weight is 226 g/mol. The molecule has 0 saturated heterocycles. The molecule has 0 saturated carbocycles. The Hall–Kier alpha value is -1.72. The number of nitrogens with zero attached hydrogens (tertiary/aromatic N) is 1. The van der Waals surface area contributed by atoms with Crippen LogP contribution in [0.15, 0.2) is 30.5 Å². The van der Waals surface area contributed by atoms with Crippen molar-refractivity contribution in [2.24, 2.45) is 0 Å². The quantitative estimate of drug-likeness (QED) is 0.794. The maximum absolute atomic E-state index is 5.33. The highest BCUT2D eigenvalue weighted by molar-refractivity contribution is 5.83. The molecule has 2 heteroatoms. The van der Waals surface area contributed by atoms with Crippen molar-refractivity contribution < 1.29 is 0 Å². The lowest BCUT2D eigenvalue weighted by molar-refractivity contribution is 0.287. The molecular weight excluding hydrogens is 208 g/mol. The lowest BCUT2D eigenvalue weighted by Gasteiger charge is -2.22. The molecule has 88 valence electrons. The van der Waals surface area contributed by atoms with Gasteiger partial charge < -0.3 is 4.98 Å². The number of benzene rings is 1. The number of terminal acetylenes is 1. The molecule has 2 rings (SSSR count). The van der Waals surface area contributed by atoms with Crippen molar-refractivity contribution in [3.63, 3.8) is 0 Å². The molecule has 1 heterocycles. The third-order valence-electron chi connectivity index (χ3n) is 3.28. The molecule has 0 aliphatic rings. The molecule has 1 atom stereocenters. The predicted molar refractivity (Wildman–Crippen MR) is 72.9 cm³/mol. The van der Waals surface area contributed by atoms with E-state index in [0.717, 1.165) is 6.42 Å². The van der Waals surface area contributed by atoms with E-state index in [0.29, 0.717) is 12.6 Å². The molecule has 1 N–H and O–H groups in total. The molecule has 1 aromatic heterocycles. The Bertz CT molecular complexity index is 533. The molecule has 0 aliphatic carbocycles. The maximum Gasteiger partial charge on any atom is 0.0598 e. The van der Waals surface area contributed by atoms with Gasteiger partial charge in [-0.1, -0.05) is 24.1 Å². The SMILES string of the molecule is C#CCN(C)C(C)Cc1c[nH]c2ccccc12. The summed E-state index contributed by atoms with van der Waals surface area (Å²) in [6.45, 7) is 2.91. The molecular formula is C15H18N2. The van der Waals surface area contributed by atoms with E-state index in [9.17, 15) is 0 Å². The van der Waals surface area contributed by atoms with E-state index in [1.165, 1.54) is 16.5 Å². The summed E-state index contributed by atoms with van der Waals surface area (Å²) in [5.41, 5.74) is 2.56. The summed E-state index contributed by atoms with van der Waals surface area (Å²) in [6.07, 6.45) is 8.45. The fourth-order valence-corrected chi connectivity index (χ4v) is 2.07. The molecule has 0 fully saturated rings. The number of para-hydroxylation sites is 1. The largest absolute Gasteiger partial charge is 0.361 e. The number of fused-ring (bicyclic) bond motifs is 1. The zero-order valence-corrected chi connectivity index (χ0v) is 10.4. The van der Waals surface area contributed by atoms with Gasteiger partial charge in [-0.05, 0) is 32.0 Å². The van der Waals surface area contributed by atoms with Crippen molar-refractivity contribution in [3.8, 4) is 12.3 Å². The number of H-pyrrole nitrogens is 1. The van der Waals surface area contributed by atoms with Crippen molar-refractivity contribution >= 4 is 10.9 Å². The summed E-state index contributed by atoms with van der Waals surface area (Å²) in [5.74, 6) is 2.68. The van der Waals surface area contributed by atoms with Crippen molar-refractivity contribution in [3.05, 3.63) is 36.0 Å². The number of hydrogen-bond acceptors (Lipinski definition) is 1. The normalized spacial score (nSPS) is 12.8. The second kappa shape index (κ2) is 5.07. The lowest BCUT2D eigenvalue weighted by Crippen LogP contribution is -2.31. The van der Waals surface area contributed by atoms with E-state index in [2.05, 4.69) is 60.2 Å². The van der Waals surface area contributed by atoms with E-state index in [1.54, 1.807) is 0 Å². The Morgan fingerprint density at radius 3 is 2.94 bits per heavy atom. The third kappa shape index (κ3) is 2.51. The number of rotatable bonds is 4. The summed E-state index contributed by atoms with van der Waals surface area (Å²) in [7, 11) is 2.07. The summed E-state index contributed by atoms with van der Waals surface area (Å²) in [5, 5.41) is 1.31. The Labute approximate surface area is 103 Å². The standard InChI is InChI=1S/C15H18N2/c1-4-9-17(3)12(2)10-13-11-16-15-8-6-5-7-14(13)15/h1,5-8,11-12,16H,9-10H2,2-3H3. The van der Waals surface area contributed by atoms with Gasteiger partial charge in [0.25, 0.3) is 0 Å². The van der Waals surface area contributed by atoms with Crippen molar-refractivity contribution in [1.29, 1.82) is 0 Å². The molecule has 1 aromatic carbocycles. The fourth-order valence-electron chi connectivity index (χ4n) is 2.07. The van der Waals surface area contributed by atoms with Gasteiger partial charge in [-0.3, -0.25) is 4.90 Å². The Morgan fingerprint density at radius 1 is 1.41 bits per heavy atom. The maximum atomic E-state index is 5.33. The monoisotopic (exact) mass is 226 g/mol. The topological polar surface area (TPSA) is 19.0 Å². The molecule has 2 nitrogen and oxygen atoms in total. The van der Waals surface area contributed by atoms with Crippen LogP contribution in [0.3, 0.4) is 0 Å². The first kappa shape index (κ1) is 11.8. The van der Waals surface area contributed by atoms with Gasteiger partial charge in [0.05, 0.1) is 6.54 Å². The van der Waals surface area contributed by atoms with Gasteiger partial charge in [-0.15, -0.1) is 6.42 Å². The summed E-state index contributed by atoms with van der Waals surface area (Å²) in [6, 6.07) is 8.85. The van der Waals surface area contributed by atoms with Gasteiger partial charge in [-0.25, -0.2) is 0 Å². The van der Waals surface area contributed by atoms with Crippen LogP contribution in [0.1, 0.15) is 12.5 Å². The first-order valence-electron chi connectivity index (χ1n) is 5.91. The highest BCUT2D eigenvalue weighted by Gasteiger charge is 2.11.